The number of para-hydroxylation sites is 1. The van der Waals surface area contributed by atoms with Crippen LogP contribution in [0.15, 0.2) is 83.8 Å². The third-order valence-electron chi connectivity index (χ3n) is 9.31. The summed E-state index contributed by atoms with van der Waals surface area (Å²) in [6.45, 7) is 6.91. The zero-order valence-corrected chi connectivity index (χ0v) is 33.6. The molecular formula is C39H51N2O13PS. The summed E-state index contributed by atoms with van der Waals surface area (Å²) in [6, 6.07) is 19.3. The van der Waals surface area contributed by atoms with E-state index >= 15 is 0 Å². The molecule has 0 aromatic heterocycles. The van der Waals surface area contributed by atoms with Gasteiger partial charge in [-0.15, -0.1) is 0 Å². The van der Waals surface area contributed by atoms with Gasteiger partial charge in [0.2, 0.25) is 10.0 Å². The summed E-state index contributed by atoms with van der Waals surface area (Å²) >= 11 is 0. The highest BCUT2D eigenvalue weighted by atomic mass is 32.2. The van der Waals surface area contributed by atoms with Crippen molar-refractivity contribution in [1.82, 2.24) is 9.62 Å². The number of benzene rings is 3. The molecule has 3 aromatic carbocycles. The summed E-state index contributed by atoms with van der Waals surface area (Å²) in [4.78, 5) is 25.8. The second kappa shape index (κ2) is 19.5. The second-order valence-electron chi connectivity index (χ2n) is 14.1. The SMILES string of the molecule is CCOC(=O)[C@H](C)OP(=O)(Oc1ccccc1)c1ccc(C[C@H](NC(=O)O[C@H]2CO[C@H]3OCC[C@H]32)[C@H](O)CN(CC(C)C)S(=O)(=O)c2ccc(CO)cc2)cc1. The molecular weight excluding hydrogens is 767 g/mol. The van der Waals surface area contributed by atoms with Crippen molar-refractivity contribution in [3.63, 3.8) is 0 Å². The Kier molecular flexibility index (Phi) is 15.1. The number of nitrogens with one attached hydrogen (secondary N) is 1. The van der Waals surface area contributed by atoms with Crippen molar-refractivity contribution < 1.29 is 60.8 Å². The largest absolute Gasteiger partial charge is 0.464 e. The lowest BCUT2D eigenvalue weighted by Gasteiger charge is -2.31. The first-order valence-corrected chi connectivity index (χ1v) is 21.6. The van der Waals surface area contributed by atoms with Crippen LogP contribution in [0.25, 0.3) is 0 Å². The minimum absolute atomic E-state index is 0.00241. The smallest absolute Gasteiger partial charge is 0.411 e. The minimum Gasteiger partial charge on any atom is -0.464 e. The Morgan fingerprint density at radius 3 is 2.29 bits per heavy atom. The number of hydrogen-bond donors (Lipinski definition) is 3. The van der Waals surface area contributed by atoms with Crippen LogP contribution in [-0.2, 0) is 55.9 Å². The Bertz CT molecular complexity index is 1900. The zero-order chi connectivity index (χ0) is 40.5. The van der Waals surface area contributed by atoms with Gasteiger partial charge in [-0.3, -0.25) is 4.52 Å². The van der Waals surface area contributed by atoms with Gasteiger partial charge in [0.15, 0.2) is 12.4 Å². The molecule has 2 heterocycles. The number of ether oxygens (including phenoxy) is 4. The molecule has 56 heavy (non-hydrogen) atoms. The van der Waals surface area contributed by atoms with Gasteiger partial charge in [0.05, 0.1) is 54.7 Å². The van der Waals surface area contributed by atoms with Crippen LogP contribution in [0.2, 0.25) is 0 Å². The van der Waals surface area contributed by atoms with Gasteiger partial charge in [-0.25, -0.2) is 22.6 Å². The van der Waals surface area contributed by atoms with E-state index in [1.165, 1.54) is 47.6 Å². The molecule has 1 amide bonds. The number of hydrogen-bond acceptors (Lipinski definition) is 13. The summed E-state index contributed by atoms with van der Waals surface area (Å²) in [7, 11) is -8.31. The predicted molar refractivity (Wildman–Crippen MR) is 205 cm³/mol. The molecule has 3 aromatic rings. The molecule has 2 fully saturated rings. The maximum absolute atomic E-state index is 14.3. The average Bonchev–Trinajstić information content (AvgIpc) is 3.80. The third kappa shape index (κ3) is 11.2. The number of carbonyl (C=O) groups excluding carboxylic acids is 2. The first-order chi connectivity index (χ1) is 26.7. The lowest BCUT2D eigenvalue weighted by atomic mass is 10.0. The second-order valence-corrected chi connectivity index (χ2v) is 17.9. The fourth-order valence-corrected chi connectivity index (χ4v) is 9.73. The monoisotopic (exact) mass is 818 g/mol. The molecule has 2 aliphatic rings. The van der Waals surface area contributed by atoms with E-state index in [0.29, 0.717) is 24.2 Å². The lowest BCUT2D eigenvalue weighted by Crippen LogP contribution is -2.51. The van der Waals surface area contributed by atoms with E-state index < -0.39 is 60.3 Å². The molecule has 1 unspecified atom stereocenters. The van der Waals surface area contributed by atoms with Gasteiger partial charge in [-0.2, -0.15) is 4.31 Å². The van der Waals surface area contributed by atoms with Crippen LogP contribution >= 0.6 is 7.60 Å². The number of rotatable bonds is 19. The Morgan fingerprint density at radius 1 is 0.964 bits per heavy atom. The molecule has 2 saturated heterocycles. The van der Waals surface area contributed by atoms with E-state index in [1.54, 1.807) is 49.4 Å². The quantitative estimate of drug-likeness (QED) is 0.115. The van der Waals surface area contributed by atoms with Crippen molar-refractivity contribution >= 4 is 35.0 Å². The lowest BCUT2D eigenvalue weighted by molar-refractivity contribution is -0.150. The van der Waals surface area contributed by atoms with Crippen LogP contribution in [0.3, 0.4) is 0 Å². The molecule has 0 bridgehead atoms. The molecule has 0 aliphatic carbocycles. The van der Waals surface area contributed by atoms with Crippen LogP contribution in [0.5, 0.6) is 5.75 Å². The van der Waals surface area contributed by atoms with Crippen LogP contribution in [0.1, 0.15) is 45.2 Å². The number of nitrogens with zero attached hydrogens (tertiary/aromatic N) is 1. The van der Waals surface area contributed by atoms with Crippen molar-refractivity contribution in [3.05, 3.63) is 90.0 Å². The minimum atomic E-state index is -4.18. The molecule has 0 saturated carbocycles. The first-order valence-electron chi connectivity index (χ1n) is 18.6. The fraction of sp³-hybridized carbons (Fsp3) is 0.487. The Hall–Kier alpha value is -3.86. The number of amides is 1. The summed E-state index contributed by atoms with van der Waals surface area (Å²) in [6.07, 6.45) is -3.87. The topological polar surface area (TPSA) is 196 Å². The van der Waals surface area contributed by atoms with E-state index in [1.807, 2.05) is 13.8 Å². The zero-order valence-electron chi connectivity index (χ0n) is 31.9. The maximum atomic E-state index is 14.3. The summed E-state index contributed by atoms with van der Waals surface area (Å²) < 4.78 is 76.9. The van der Waals surface area contributed by atoms with Gasteiger partial charge in [-0.1, -0.05) is 56.3 Å². The highest BCUT2D eigenvalue weighted by Gasteiger charge is 2.44. The van der Waals surface area contributed by atoms with Crippen molar-refractivity contribution in [1.29, 1.82) is 0 Å². The van der Waals surface area contributed by atoms with E-state index in [2.05, 4.69) is 5.32 Å². The number of fused-ring (bicyclic) bond motifs is 1. The van der Waals surface area contributed by atoms with Crippen molar-refractivity contribution in [2.45, 2.75) is 82.7 Å². The number of carbonyl (C=O) groups is 2. The van der Waals surface area contributed by atoms with Crippen molar-refractivity contribution in [2.24, 2.45) is 11.8 Å². The highest BCUT2D eigenvalue weighted by Crippen LogP contribution is 2.48. The van der Waals surface area contributed by atoms with E-state index in [0.717, 1.165) is 0 Å². The van der Waals surface area contributed by atoms with Gasteiger partial charge in [-0.05, 0) is 80.1 Å². The molecule has 3 N–H and O–H groups in total. The van der Waals surface area contributed by atoms with E-state index in [-0.39, 0.29) is 67.1 Å². The predicted octanol–water partition coefficient (Wildman–Crippen LogP) is 4.15. The number of aliphatic hydroxyl groups is 2. The Labute approximate surface area is 327 Å². The molecule has 15 nitrogen and oxygen atoms in total. The van der Waals surface area contributed by atoms with Crippen LogP contribution in [0.4, 0.5) is 4.79 Å². The van der Waals surface area contributed by atoms with Crippen molar-refractivity contribution in [2.75, 3.05) is 32.9 Å². The standard InChI is InChI=1S/C39H51N2O13PS/c1-5-49-37(44)27(4)53-55(46,54-30-9-7-6-8-10-30)31-15-11-28(12-16-31)21-34(40-39(45)52-36-25-51-38-33(36)19-20-50-38)35(43)23-41(22-26(2)3)56(47,48)32-17-13-29(24-42)14-18-32/h6-18,26-27,33-36,38,42-43H,5,19-25H2,1-4H3,(H,40,45)/t27-,33-,34-,35+,36-,38+,55?/m0/s1. The van der Waals surface area contributed by atoms with Crippen LogP contribution in [0, 0.1) is 11.8 Å². The maximum Gasteiger partial charge on any atom is 0.411 e. The van der Waals surface area contributed by atoms with E-state index in [9.17, 15) is 32.8 Å². The number of alkyl carbamates (subject to hydrolysis) is 1. The molecule has 7 atom stereocenters. The van der Waals surface area contributed by atoms with Gasteiger partial charge in [0.25, 0.3) is 0 Å². The summed E-state index contributed by atoms with van der Waals surface area (Å²) in [5.41, 5.74) is 1.11. The van der Waals surface area contributed by atoms with Crippen LogP contribution < -0.4 is 15.1 Å². The van der Waals surface area contributed by atoms with Crippen molar-refractivity contribution in [3.8, 4) is 5.75 Å². The molecule has 0 spiro atoms. The molecule has 2 aliphatic heterocycles. The van der Waals surface area contributed by atoms with Gasteiger partial charge in [0.1, 0.15) is 11.9 Å². The first kappa shape index (κ1) is 43.3. The molecule has 5 rings (SSSR count). The average molecular weight is 819 g/mol. The fourth-order valence-electron chi connectivity index (χ4n) is 6.42. The molecule has 0 radical (unpaired) electrons. The van der Waals surface area contributed by atoms with Gasteiger partial charge in [0, 0.05) is 13.1 Å². The van der Waals surface area contributed by atoms with Crippen LogP contribution in [-0.4, -0.2) is 98.6 Å². The molecule has 17 heteroatoms. The number of sulfonamides is 1. The number of esters is 1. The van der Waals surface area contributed by atoms with E-state index in [4.69, 9.17) is 28.0 Å². The normalized spacial score (nSPS) is 20.8. The Balaban J connectivity index is 1.40. The Morgan fingerprint density at radius 2 is 1.64 bits per heavy atom. The number of aliphatic hydroxyl groups excluding tert-OH is 2. The summed E-state index contributed by atoms with van der Waals surface area (Å²) in [5, 5.41) is 24.1. The molecule has 306 valence electrons. The van der Waals surface area contributed by atoms with Gasteiger partial charge >= 0.3 is 19.7 Å². The third-order valence-corrected chi connectivity index (χ3v) is 13.1. The van der Waals surface area contributed by atoms with Gasteiger partial charge < -0.3 is 39.0 Å². The highest BCUT2D eigenvalue weighted by molar-refractivity contribution is 7.89. The summed E-state index contributed by atoms with van der Waals surface area (Å²) in [5.74, 6) is -0.728.